The van der Waals surface area contributed by atoms with Crippen LogP contribution in [0.2, 0.25) is 0 Å². The average Bonchev–Trinajstić information content (AvgIpc) is 2.16. The summed E-state index contributed by atoms with van der Waals surface area (Å²) < 4.78 is 2.03. The van der Waals surface area contributed by atoms with Gasteiger partial charge in [0.2, 0.25) is 0 Å². The fourth-order valence-electron chi connectivity index (χ4n) is 1.30. The number of allylic oxidation sites excluding steroid dienone is 2. The van der Waals surface area contributed by atoms with Gasteiger partial charge in [-0.2, -0.15) is 0 Å². The van der Waals surface area contributed by atoms with Gasteiger partial charge in [0.1, 0.15) is 7.05 Å². The molecule has 1 heteroatoms. The fraction of sp³-hybridized carbons (Fsp3) is 0.250. The van der Waals surface area contributed by atoms with Gasteiger partial charge in [0.15, 0.2) is 12.4 Å². The van der Waals surface area contributed by atoms with Crippen LogP contribution in [0.1, 0.15) is 25.0 Å². The number of hydrogen-bond acceptors (Lipinski definition) is 0. The van der Waals surface area contributed by atoms with E-state index >= 15 is 0 Å². The van der Waals surface area contributed by atoms with Gasteiger partial charge in [0.05, 0.1) is 0 Å². The maximum atomic E-state index is 3.81. The molecular weight excluding hydrogens is 158 g/mol. The predicted octanol–water partition coefficient (Wildman–Crippen LogP) is 2.58. The maximum Gasteiger partial charge on any atom is 0.176 e. The molecule has 1 heterocycles. The molecule has 0 aliphatic carbocycles. The Kier molecular flexibility index (Phi) is 3.02. The summed E-state index contributed by atoms with van der Waals surface area (Å²) in [5.41, 5.74) is 3.73. The lowest BCUT2D eigenvalue weighted by Crippen LogP contribution is -2.27. The lowest BCUT2D eigenvalue weighted by atomic mass is 10.0. The standard InChI is InChI=1S/C12H16N/c1-5-10(3)12-7-8-13(4)9-11(12)6-2/h5-9H,2H2,1,3-4H3/q+1/b10-5-. The molecule has 1 nitrogen and oxygen atoms in total. The summed E-state index contributed by atoms with van der Waals surface area (Å²) in [6.45, 7) is 7.97. The summed E-state index contributed by atoms with van der Waals surface area (Å²) >= 11 is 0. The van der Waals surface area contributed by atoms with E-state index < -0.39 is 0 Å². The quantitative estimate of drug-likeness (QED) is 0.607. The van der Waals surface area contributed by atoms with Gasteiger partial charge in [-0.3, -0.25) is 0 Å². The highest BCUT2D eigenvalue weighted by Gasteiger charge is 2.04. The minimum atomic E-state index is 1.18. The summed E-state index contributed by atoms with van der Waals surface area (Å²) in [5, 5.41) is 0. The normalized spacial score (nSPS) is 11.5. The molecule has 0 aliphatic heterocycles. The third-order valence-corrected chi connectivity index (χ3v) is 2.21. The fourth-order valence-corrected chi connectivity index (χ4v) is 1.30. The van der Waals surface area contributed by atoms with E-state index in [0.29, 0.717) is 0 Å². The molecule has 1 rings (SSSR count). The van der Waals surface area contributed by atoms with E-state index in [-0.39, 0.29) is 0 Å². The Bertz CT molecular complexity index is 348. The van der Waals surface area contributed by atoms with Gasteiger partial charge in [-0.15, -0.1) is 0 Å². The van der Waals surface area contributed by atoms with Crippen molar-refractivity contribution < 1.29 is 4.57 Å². The third kappa shape index (κ3) is 2.05. The molecule has 0 saturated carbocycles. The number of pyridine rings is 1. The molecule has 0 aliphatic rings. The highest BCUT2D eigenvalue weighted by Crippen LogP contribution is 2.17. The van der Waals surface area contributed by atoms with Crippen molar-refractivity contribution >= 4 is 11.6 Å². The Morgan fingerprint density at radius 2 is 2.23 bits per heavy atom. The van der Waals surface area contributed by atoms with E-state index in [1.165, 1.54) is 16.7 Å². The zero-order valence-electron chi connectivity index (χ0n) is 8.54. The topological polar surface area (TPSA) is 3.88 Å². The molecule has 0 bridgehead atoms. The molecule has 13 heavy (non-hydrogen) atoms. The molecule has 0 amide bonds. The van der Waals surface area contributed by atoms with Crippen LogP contribution in [0.3, 0.4) is 0 Å². The van der Waals surface area contributed by atoms with E-state index in [9.17, 15) is 0 Å². The molecule has 0 N–H and O–H groups in total. The van der Waals surface area contributed by atoms with Crippen LogP contribution in [0.5, 0.6) is 0 Å². The minimum Gasteiger partial charge on any atom is -0.207 e. The van der Waals surface area contributed by atoms with Crippen LogP contribution >= 0.6 is 0 Å². The molecule has 0 atom stereocenters. The molecule has 1 aromatic rings. The van der Waals surface area contributed by atoms with Crippen molar-refractivity contribution in [1.82, 2.24) is 0 Å². The molecular formula is C12H16N+. The maximum absolute atomic E-state index is 3.81. The second kappa shape index (κ2) is 4.04. The van der Waals surface area contributed by atoms with Gasteiger partial charge in [-0.1, -0.05) is 18.7 Å². The summed E-state index contributed by atoms with van der Waals surface area (Å²) in [7, 11) is 2.02. The van der Waals surface area contributed by atoms with Crippen molar-refractivity contribution in [2.24, 2.45) is 7.05 Å². The lowest BCUT2D eigenvalue weighted by molar-refractivity contribution is -0.671. The van der Waals surface area contributed by atoms with Gasteiger partial charge in [-0.25, -0.2) is 4.57 Å². The second-order valence-electron chi connectivity index (χ2n) is 3.16. The largest absolute Gasteiger partial charge is 0.207 e. The molecule has 0 unspecified atom stereocenters. The van der Waals surface area contributed by atoms with Crippen molar-refractivity contribution in [3.05, 3.63) is 42.2 Å². The Hall–Kier alpha value is -1.37. The SMILES string of the molecule is C=Cc1c[n+](C)ccc1/C(C)=C\C. The summed E-state index contributed by atoms with van der Waals surface area (Å²) in [5.74, 6) is 0. The first-order valence-electron chi connectivity index (χ1n) is 4.44. The smallest absolute Gasteiger partial charge is 0.176 e. The van der Waals surface area contributed by atoms with Crippen LogP contribution in [-0.4, -0.2) is 0 Å². The molecule has 0 saturated heterocycles. The molecule has 0 spiro atoms. The average molecular weight is 174 g/mol. The van der Waals surface area contributed by atoms with Crippen LogP contribution < -0.4 is 4.57 Å². The van der Waals surface area contributed by atoms with Crippen molar-refractivity contribution in [1.29, 1.82) is 0 Å². The van der Waals surface area contributed by atoms with Gasteiger partial charge < -0.3 is 0 Å². The number of hydrogen-bond donors (Lipinski definition) is 0. The van der Waals surface area contributed by atoms with Gasteiger partial charge >= 0.3 is 0 Å². The van der Waals surface area contributed by atoms with E-state index in [2.05, 4.69) is 45.0 Å². The van der Waals surface area contributed by atoms with E-state index in [1.807, 2.05) is 17.7 Å². The Morgan fingerprint density at radius 3 is 2.77 bits per heavy atom. The van der Waals surface area contributed by atoms with Crippen molar-refractivity contribution in [2.45, 2.75) is 13.8 Å². The van der Waals surface area contributed by atoms with Crippen molar-refractivity contribution in [2.75, 3.05) is 0 Å². The number of nitrogens with zero attached hydrogens (tertiary/aromatic N) is 1. The number of aromatic nitrogens is 1. The van der Waals surface area contributed by atoms with E-state index in [0.717, 1.165) is 0 Å². The second-order valence-corrected chi connectivity index (χ2v) is 3.16. The van der Waals surface area contributed by atoms with Crippen LogP contribution in [0.15, 0.2) is 31.1 Å². The summed E-state index contributed by atoms with van der Waals surface area (Å²) in [6, 6.07) is 2.12. The van der Waals surface area contributed by atoms with Crippen LogP contribution in [0.4, 0.5) is 0 Å². The third-order valence-electron chi connectivity index (χ3n) is 2.21. The van der Waals surface area contributed by atoms with Crippen molar-refractivity contribution in [3.63, 3.8) is 0 Å². The Balaban J connectivity index is 3.29. The van der Waals surface area contributed by atoms with Crippen LogP contribution in [0, 0.1) is 0 Å². The first-order chi connectivity index (χ1) is 6.19. The highest BCUT2D eigenvalue weighted by molar-refractivity contribution is 5.71. The summed E-state index contributed by atoms with van der Waals surface area (Å²) in [6.07, 6.45) is 8.13. The molecule has 68 valence electrons. The number of rotatable bonds is 2. The van der Waals surface area contributed by atoms with Crippen molar-refractivity contribution in [3.8, 4) is 0 Å². The molecule has 0 fully saturated rings. The molecule has 0 aromatic carbocycles. The monoisotopic (exact) mass is 174 g/mol. The Morgan fingerprint density at radius 1 is 1.54 bits per heavy atom. The highest BCUT2D eigenvalue weighted by atomic mass is 14.9. The first-order valence-corrected chi connectivity index (χ1v) is 4.44. The van der Waals surface area contributed by atoms with E-state index in [1.54, 1.807) is 0 Å². The zero-order valence-corrected chi connectivity index (χ0v) is 8.54. The van der Waals surface area contributed by atoms with Gasteiger partial charge in [0, 0.05) is 11.6 Å². The predicted molar refractivity (Wildman–Crippen MR) is 57.0 cm³/mol. The van der Waals surface area contributed by atoms with Crippen LogP contribution in [0.25, 0.3) is 11.6 Å². The Labute approximate surface area is 80.0 Å². The number of aryl methyl sites for hydroxylation is 1. The lowest BCUT2D eigenvalue weighted by Gasteiger charge is -2.03. The summed E-state index contributed by atoms with van der Waals surface area (Å²) in [4.78, 5) is 0. The molecule has 0 radical (unpaired) electrons. The van der Waals surface area contributed by atoms with Gasteiger partial charge in [0.25, 0.3) is 0 Å². The van der Waals surface area contributed by atoms with E-state index in [4.69, 9.17) is 0 Å². The zero-order chi connectivity index (χ0) is 9.84. The molecule has 1 aromatic heterocycles. The van der Waals surface area contributed by atoms with Crippen LogP contribution in [-0.2, 0) is 7.05 Å². The van der Waals surface area contributed by atoms with Gasteiger partial charge in [-0.05, 0) is 25.0 Å². The minimum absolute atomic E-state index is 1.18. The first kappa shape index (κ1) is 9.72.